The summed E-state index contributed by atoms with van der Waals surface area (Å²) in [6.07, 6.45) is 12.6. The molecule has 0 bridgehead atoms. The number of hydrogen-bond donors (Lipinski definition) is 2. The molecule has 1 aliphatic carbocycles. The summed E-state index contributed by atoms with van der Waals surface area (Å²) in [5, 5.41) is 2.88. The van der Waals surface area contributed by atoms with Crippen LogP contribution in [0.3, 0.4) is 0 Å². The lowest BCUT2D eigenvalue weighted by molar-refractivity contribution is -0.116. The number of rotatable bonds is 9. The van der Waals surface area contributed by atoms with E-state index in [1.807, 2.05) is 0 Å². The summed E-state index contributed by atoms with van der Waals surface area (Å²) in [5.41, 5.74) is 2.18. The molecule has 1 aromatic carbocycles. The van der Waals surface area contributed by atoms with Gasteiger partial charge in [0.15, 0.2) is 0 Å². The largest absolute Gasteiger partial charge is 0.468 e. The van der Waals surface area contributed by atoms with Gasteiger partial charge in [-0.25, -0.2) is 13.1 Å². The average molecular weight is 415 g/mol. The van der Waals surface area contributed by atoms with Crippen LogP contribution < -0.4 is 10.0 Å². The van der Waals surface area contributed by atoms with Gasteiger partial charge < -0.3 is 9.73 Å². The van der Waals surface area contributed by atoms with Crippen LogP contribution in [0, 0.1) is 0 Å². The number of sulfonamides is 1. The molecular weight excluding hydrogens is 388 g/mol. The summed E-state index contributed by atoms with van der Waals surface area (Å²) in [6, 6.07) is 9.76. The van der Waals surface area contributed by atoms with Crippen molar-refractivity contribution in [1.82, 2.24) is 10.0 Å². The number of carbonyl (C=O) groups is 1. The van der Waals surface area contributed by atoms with Gasteiger partial charge in [-0.15, -0.1) is 0 Å². The standard InChI is InChI=1S/C22H26N2O4S/c25-22(23-15-14-18-5-2-1-3-6-18)13-10-19-8-11-21(12-9-19)29(26,27)24-17-20-7-4-16-28-20/h4-5,7-13,16,24H,1-3,6,14-15,17H2,(H,23,25)/b13-10+. The fourth-order valence-electron chi connectivity index (χ4n) is 3.13. The average Bonchev–Trinajstić information content (AvgIpc) is 3.26. The Morgan fingerprint density at radius 2 is 1.97 bits per heavy atom. The molecular formula is C22H26N2O4S. The molecule has 0 fully saturated rings. The second kappa shape index (κ2) is 10.2. The maximum atomic E-state index is 12.3. The summed E-state index contributed by atoms with van der Waals surface area (Å²) < 4.78 is 32.2. The van der Waals surface area contributed by atoms with Crippen molar-refractivity contribution < 1.29 is 17.6 Å². The van der Waals surface area contributed by atoms with Crippen molar-refractivity contribution >= 4 is 22.0 Å². The maximum Gasteiger partial charge on any atom is 0.244 e. The third-order valence-electron chi connectivity index (χ3n) is 4.76. The first kappa shape index (κ1) is 21.1. The normalized spacial score (nSPS) is 14.7. The number of nitrogens with one attached hydrogen (secondary N) is 2. The van der Waals surface area contributed by atoms with Crippen molar-refractivity contribution in [1.29, 1.82) is 0 Å². The molecule has 1 aliphatic rings. The molecule has 0 aliphatic heterocycles. The van der Waals surface area contributed by atoms with Crippen LogP contribution in [0.2, 0.25) is 0 Å². The van der Waals surface area contributed by atoms with Crippen LogP contribution in [0.25, 0.3) is 6.08 Å². The van der Waals surface area contributed by atoms with Gasteiger partial charge in [0.05, 0.1) is 17.7 Å². The van der Waals surface area contributed by atoms with E-state index in [0.29, 0.717) is 12.3 Å². The van der Waals surface area contributed by atoms with Crippen LogP contribution in [0.4, 0.5) is 0 Å². The number of amides is 1. The molecule has 154 valence electrons. The maximum absolute atomic E-state index is 12.3. The molecule has 1 aromatic heterocycles. The molecule has 29 heavy (non-hydrogen) atoms. The SMILES string of the molecule is O=C(/C=C/c1ccc(S(=O)(=O)NCc2ccco2)cc1)NCCC1=CCCCC1. The van der Waals surface area contributed by atoms with Gasteiger partial charge in [-0.1, -0.05) is 23.8 Å². The van der Waals surface area contributed by atoms with E-state index in [9.17, 15) is 13.2 Å². The smallest absolute Gasteiger partial charge is 0.244 e. The van der Waals surface area contributed by atoms with Gasteiger partial charge in [0.1, 0.15) is 5.76 Å². The molecule has 3 rings (SSSR count). The Morgan fingerprint density at radius 1 is 1.14 bits per heavy atom. The van der Waals surface area contributed by atoms with Crippen LogP contribution in [-0.2, 0) is 21.4 Å². The zero-order chi connectivity index (χ0) is 20.5. The first-order valence-corrected chi connectivity index (χ1v) is 11.3. The van der Waals surface area contributed by atoms with Gasteiger partial charge in [-0.05, 0) is 68.0 Å². The van der Waals surface area contributed by atoms with Crippen molar-refractivity contribution in [2.75, 3.05) is 6.54 Å². The highest BCUT2D eigenvalue weighted by atomic mass is 32.2. The Kier molecular flexibility index (Phi) is 7.43. The molecule has 0 atom stereocenters. The second-order valence-electron chi connectivity index (χ2n) is 6.96. The Bertz CT molecular complexity index is 959. The monoisotopic (exact) mass is 414 g/mol. The van der Waals surface area contributed by atoms with E-state index in [4.69, 9.17) is 4.42 Å². The third-order valence-corrected chi connectivity index (χ3v) is 6.18. The topological polar surface area (TPSA) is 88.4 Å². The van der Waals surface area contributed by atoms with Crippen LogP contribution >= 0.6 is 0 Å². The van der Waals surface area contributed by atoms with Crippen LogP contribution in [0.5, 0.6) is 0 Å². The molecule has 0 saturated heterocycles. The quantitative estimate of drug-likeness (QED) is 0.483. The lowest BCUT2D eigenvalue weighted by Gasteiger charge is -2.12. The number of carbonyl (C=O) groups excluding carboxylic acids is 1. The first-order valence-electron chi connectivity index (χ1n) is 9.79. The van der Waals surface area contributed by atoms with Gasteiger partial charge in [0.2, 0.25) is 15.9 Å². The minimum Gasteiger partial charge on any atom is -0.468 e. The highest BCUT2D eigenvalue weighted by molar-refractivity contribution is 7.89. The van der Waals surface area contributed by atoms with E-state index in [1.165, 1.54) is 42.9 Å². The summed E-state index contributed by atoms with van der Waals surface area (Å²) in [4.78, 5) is 12.1. The summed E-state index contributed by atoms with van der Waals surface area (Å²) in [7, 11) is -3.63. The van der Waals surface area contributed by atoms with Crippen LogP contribution in [0.1, 0.15) is 43.4 Å². The van der Waals surface area contributed by atoms with Crippen LogP contribution in [0.15, 0.2) is 69.7 Å². The Hall–Kier alpha value is -2.64. The van der Waals surface area contributed by atoms with E-state index < -0.39 is 10.0 Å². The number of benzene rings is 1. The minimum atomic E-state index is -3.63. The summed E-state index contributed by atoms with van der Waals surface area (Å²) in [5.74, 6) is 0.386. The number of allylic oxidation sites excluding steroid dienone is 1. The zero-order valence-corrected chi connectivity index (χ0v) is 17.1. The molecule has 6 nitrogen and oxygen atoms in total. The van der Waals surface area contributed by atoms with Crippen molar-refractivity contribution in [3.8, 4) is 0 Å². The lowest BCUT2D eigenvalue weighted by atomic mass is 9.97. The van der Waals surface area contributed by atoms with Crippen LogP contribution in [-0.4, -0.2) is 20.9 Å². The molecule has 7 heteroatoms. The molecule has 0 unspecified atom stereocenters. The molecule has 2 aromatic rings. The number of hydrogen-bond acceptors (Lipinski definition) is 4. The van der Waals surface area contributed by atoms with Gasteiger partial charge >= 0.3 is 0 Å². The molecule has 0 radical (unpaired) electrons. The minimum absolute atomic E-state index is 0.0913. The Labute approximate surface area is 171 Å². The van der Waals surface area contributed by atoms with Crippen molar-refractivity contribution in [3.05, 3.63) is 71.7 Å². The van der Waals surface area contributed by atoms with E-state index >= 15 is 0 Å². The fraction of sp³-hybridized carbons (Fsp3) is 0.318. The predicted octanol–water partition coefficient (Wildman–Crippen LogP) is 3.78. The fourth-order valence-corrected chi connectivity index (χ4v) is 4.12. The molecule has 1 heterocycles. The summed E-state index contributed by atoms with van der Waals surface area (Å²) in [6.45, 7) is 0.724. The van der Waals surface area contributed by atoms with Crippen molar-refractivity contribution in [3.63, 3.8) is 0 Å². The van der Waals surface area contributed by atoms with E-state index in [-0.39, 0.29) is 17.3 Å². The van der Waals surface area contributed by atoms with E-state index in [0.717, 1.165) is 24.8 Å². The van der Waals surface area contributed by atoms with Gasteiger partial charge in [0.25, 0.3) is 0 Å². The van der Waals surface area contributed by atoms with Gasteiger partial charge in [0, 0.05) is 12.6 Å². The van der Waals surface area contributed by atoms with E-state index in [2.05, 4.69) is 16.1 Å². The lowest BCUT2D eigenvalue weighted by Crippen LogP contribution is -2.23. The Balaban J connectivity index is 1.47. The van der Waals surface area contributed by atoms with Gasteiger partial charge in [-0.3, -0.25) is 4.79 Å². The zero-order valence-electron chi connectivity index (χ0n) is 16.3. The predicted molar refractivity (Wildman–Crippen MR) is 112 cm³/mol. The highest BCUT2D eigenvalue weighted by Crippen LogP contribution is 2.19. The molecule has 2 N–H and O–H groups in total. The first-order chi connectivity index (χ1) is 14.0. The molecule has 0 saturated carbocycles. The van der Waals surface area contributed by atoms with Crippen molar-refractivity contribution in [2.45, 2.75) is 43.5 Å². The Morgan fingerprint density at radius 3 is 2.66 bits per heavy atom. The highest BCUT2D eigenvalue weighted by Gasteiger charge is 2.14. The van der Waals surface area contributed by atoms with Crippen molar-refractivity contribution in [2.24, 2.45) is 0 Å². The second-order valence-corrected chi connectivity index (χ2v) is 8.72. The molecule has 1 amide bonds. The van der Waals surface area contributed by atoms with E-state index in [1.54, 1.807) is 30.3 Å². The third kappa shape index (κ3) is 6.73. The van der Waals surface area contributed by atoms with Gasteiger partial charge in [-0.2, -0.15) is 0 Å². The molecule has 0 spiro atoms. The summed E-state index contributed by atoms with van der Waals surface area (Å²) >= 11 is 0. The number of furan rings is 1.